The molecule has 2 N–H and O–H groups in total. The number of hydrogen-bond acceptors (Lipinski definition) is 6. The number of hydrogen-bond donors (Lipinski definition) is 1. The van der Waals surface area contributed by atoms with Gasteiger partial charge >= 0.3 is 0 Å². The first-order chi connectivity index (χ1) is 16.5. The summed E-state index contributed by atoms with van der Waals surface area (Å²) in [7, 11) is 0. The van der Waals surface area contributed by atoms with E-state index in [1.165, 1.54) is 30.3 Å². The first-order valence-electron chi connectivity index (χ1n) is 12.1. The van der Waals surface area contributed by atoms with Crippen molar-refractivity contribution in [2.24, 2.45) is 5.92 Å². The second kappa shape index (κ2) is 9.67. The van der Waals surface area contributed by atoms with E-state index in [2.05, 4.69) is 32.6 Å². The molecule has 3 heterocycles. The first-order valence-corrected chi connectivity index (χ1v) is 12.9. The molecule has 1 atom stereocenters. The fraction of sp³-hybridized carbons (Fsp3) is 0.462. The zero-order valence-corrected chi connectivity index (χ0v) is 20.4. The number of likely N-dealkylation sites (tertiary alicyclic amines) is 1. The first kappa shape index (κ1) is 22.7. The third-order valence-corrected chi connectivity index (χ3v) is 8.10. The van der Waals surface area contributed by atoms with Gasteiger partial charge in [0.2, 0.25) is 5.91 Å². The van der Waals surface area contributed by atoms with E-state index in [1.807, 2.05) is 4.90 Å². The van der Waals surface area contributed by atoms with Crippen molar-refractivity contribution in [3.8, 4) is 12.3 Å². The van der Waals surface area contributed by atoms with Crippen molar-refractivity contribution in [1.29, 1.82) is 0 Å². The molecule has 1 saturated heterocycles. The monoisotopic (exact) mass is 474 g/mol. The van der Waals surface area contributed by atoms with Crippen LogP contribution in [0.25, 0.3) is 11.2 Å². The summed E-state index contributed by atoms with van der Waals surface area (Å²) in [6.45, 7) is 4.08. The second-order valence-corrected chi connectivity index (χ2v) is 10.3. The molecule has 0 spiro atoms. The van der Waals surface area contributed by atoms with Gasteiger partial charge in [0, 0.05) is 37.0 Å². The Morgan fingerprint density at radius 2 is 2.03 bits per heavy atom. The minimum absolute atomic E-state index is 0.156. The molecule has 1 fully saturated rings. The van der Waals surface area contributed by atoms with Crippen LogP contribution in [0.4, 0.5) is 5.82 Å². The van der Waals surface area contributed by atoms with Gasteiger partial charge in [-0.15, -0.1) is 6.42 Å². The van der Waals surface area contributed by atoms with E-state index in [1.54, 1.807) is 18.7 Å². The van der Waals surface area contributed by atoms with Crippen LogP contribution in [0.5, 0.6) is 0 Å². The summed E-state index contributed by atoms with van der Waals surface area (Å²) in [5.41, 5.74) is 11.2. The molecule has 2 aliphatic rings. The van der Waals surface area contributed by atoms with Crippen molar-refractivity contribution in [3.63, 3.8) is 0 Å². The lowest BCUT2D eigenvalue weighted by atomic mass is 9.90. The van der Waals surface area contributed by atoms with Crippen LogP contribution in [-0.4, -0.2) is 43.4 Å². The number of fused-ring (bicyclic) bond motifs is 2. The van der Waals surface area contributed by atoms with Crippen LogP contribution >= 0.6 is 11.8 Å². The lowest BCUT2D eigenvalue weighted by molar-refractivity contribution is -0.130. The number of piperidine rings is 1. The molecule has 8 heteroatoms. The number of aryl methyl sites for hydroxylation is 3. The third-order valence-electron chi connectivity index (χ3n) is 7.05. The zero-order chi connectivity index (χ0) is 23.7. The van der Waals surface area contributed by atoms with Crippen molar-refractivity contribution in [2.75, 3.05) is 18.8 Å². The molecule has 1 aromatic carbocycles. The largest absolute Gasteiger partial charge is 0.382 e. The molecule has 34 heavy (non-hydrogen) atoms. The van der Waals surface area contributed by atoms with Crippen LogP contribution in [0, 0.1) is 18.3 Å². The zero-order valence-electron chi connectivity index (χ0n) is 19.6. The molecule has 1 amide bonds. The molecule has 0 bridgehead atoms. The highest BCUT2D eigenvalue weighted by Gasteiger charge is 2.24. The minimum atomic E-state index is 0.156. The maximum absolute atomic E-state index is 11.9. The van der Waals surface area contributed by atoms with Gasteiger partial charge in [0.25, 0.3) is 0 Å². The van der Waals surface area contributed by atoms with Crippen LogP contribution in [0.3, 0.4) is 0 Å². The van der Waals surface area contributed by atoms with E-state index < -0.39 is 0 Å². The van der Waals surface area contributed by atoms with Crippen LogP contribution < -0.4 is 5.73 Å². The number of anilines is 1. The summed E-state index contributed by atoms with van der Waals surface area (Å²) in [6.07, 6.45) is 15.1. The van der Waals surface area contributed by atoms with Crippen molar-refractivity contribution in [1.82, 2.24) is 24.4 Å². The minimum Gasteiger partial charge on any atom is -0.382 e. The van der Waals surface area contributed by atoms with Crippen molar-refractivity contribution in [3.05, 3.63) is 35.2 Å². The Bertz CT molecular complexity index is 1280. The highest BCUT2D eigenvalue weighted by Crippen LogP contribution is 2.36. The molecular weight excluding hydrogens is 444 g/mol. The van der Waals surface area contributed by atoms with Crippen LogP contribution in [0.1, 0.15) is 55.7 Å². The maximum atomic E-state index is 11.9. The van der Waals surface area contributed by atoms with Crippen LogP contribution in [0.2, 0.25) is 0 Å². The lowest BCUT2D eigenvalue weighted by Crippen LogP contribution is -2.38. The summed E-state index contributed by atoms with van der Waals surface area (Å²) in [5, 5.41) is 0.827. The van der Waals surface area contributed by atoms with Crippen molar-refractivity contribution < 1.29 is 4.79 Å². The number of carbonyl (C=O) groups is 1. The molecule has 3 aromatic rings. The van der Waals surface area contributed by atoms with Gasteiger partial charge < -0.3 is 15.2 Å². The summed E-state index contributed by atoms with van der Waals surface area (Å²) >= 11 is 1.59. The fourth-order valence-corrected chi connectivity index (χ4v) is 6.22. The van der Waals surface area contributed by atoms with E-state index in [0.29, 0.717) is 17.3 Å². The maximum Gasteiger partial charge on any atom is 0.219 e. The number of amides is 1. The van der Waals surface area contributed by atoms with Gasteiger partial charge in [-0.25, -0.2) is 15.0 Å². The molecule has 7 nitrogen and oxygen atoms in total. The van der Waals surface area contributed by atoms with Crippen LogP contribution in [-0.2, 0) is 24.2 Å². The molecule has 5 rings (SSSR count). The number of aromatic nitrogens is 4. The number of rotatable bonds is 5. The van der Waals surface area contributed by atoms with Crippen molar-refractivity contribution >= 4 is 34.7 Å². The Hall–Kier alpha value is -3.05. The molecule has 1 aliphatic heterocycles. The predicted molar refractivity (Wildman–Crippen MR) is 134 cm³/mol. The Balaban J connectivity index is 1.46. The standard InChI is InChI=1S/C26H30N6OS/c1-3-19-13-20-8-4-5-9-21(20)14-22(19)34-26-30-23-24(27)28-16-29-25(23)32(26)12-10-18-7-6-11-31(15-18)17(2)33/h1,13-14,16,18H,4-12,15H2,2H3,(H2,27,28,29). The Labute approximate surface area is 204 Å². The highest BCUT2D eigenvalue weighted by atomic mass is 32.2. The lowest BCUT2D eigenvalue weighted by Gasteiger charge is -2.32. The number of carbonyl (C=O) groups excluding carboxylic acids is 1. The Kier molecular flexibility index (Phi) is 6.46. The molecule has 2 aromatic heterocycles. The number of benzene rings is 1. The SMILES string of the molecule is C#Cc1cc2c(cc1Sc1nc3c(N)ncnc3n1CCC1CCCN(C(C)=O)C1)CCCC2. The summed E-state index contributed by atoms with van der Waals surface area (Å²) in [6, 6.07) is 4.43. The summed E-state index contributed by atoms with van der Waals surface area (Å²) in [5.74, 6) is 3.88. The molecule has 0 saturated carbocycles. The molecule has 1 aliphatic carbocycles. The normalized spacial score (nSPS) is 18.0. The number of imidazole rings is 1. The van der Waals surface area contributed by atoms with Crippen LogP contribution in [0.15, 0.2) is 28.5 Å². The van der Waals surface area contributed by atoms with Gasteiger partial charge in [0.15, 0.2) is 22.1 Å². The fourth-order valence-electron chi connectivity index (χ4n) is 5.17. The van der Waals surface area contributed by atoms with Gasteiger partial charge in [-0.3, -0.25) is 4.79 Å². The summed E-state index contributed by atoms with van der Waals surface area (Å²) < 4.78 is 2.14. The molecule has 1 unspecified atom stereocenters. The Morgan fingerprint density at radius 1 is 1.24 bits per heavy atom. The number of nitrogens with two attached hydrogens (primary N) is 1. The highest BCUT2D eigenvalue weighted by molar-refractivity contribution is 7.99. The number of terminal acetylenes is 1. The van der Waals surface area contributed by atoms with E-state index in [-0.39, 0.29) is 5.91 Å². The quantitative estimate of drug-likeness (QED) is 0.561. The van der Waals surface area contributed by atoms with E-state index >= 15 is 0 Å². The average Bonchev–Trinajstić information content (AvgIpc) is 3.20. The summed E-state index contributed by atoms with van der Waals surface area (Å²) in [4.78, 5) is 28.4. The number of nitrogens with zero attached hydrogens (tertiary/aromatic N) is 5. The van der Waals surface area contributed by atoms with Gasteiger partial charge in [0.1, 0.15) is 6.33 Å². The Morgan fingerprint density at radius 3 is 2.79 bits per heavy atom. The molecule has 0 radical (unpaired) electrons. The van der Waals surface area contributed by atoms with Gasteiger partial charge in [-0.2, -0.15) is 0 Å². The van der Waals surface area contributed by atoms with E-state index in [4.69, 9.17) is 17.1 Å². The average molecular weight is 475 g/mol. The smallest absolute Gasteiger partial charge is 0.219 e. The molecule has 176 valence electrons. The second-order valence-electron chi connectivity index (χ2n) is 9.31. The predicted octanol–water partition coefficient (Wildman–Crippen LogP) is 4.07. The van der Waals surface area contributed by atoms with E-state index in [0.717, 1.165) is 73.0 Å². The molecular formula is C26H30N6OS. The third kappa shape index (κ3) is 4.49. The van der Waals surface area contributed by atoms with E-state index in [9.17, 15) is 4.79 Å². The van der Waals surface area contributed by atoms with Gasteiger partial charge in [-0.1, -0.05) is 17.7 Å². The van der Waals surface area contributed by atoms with Gasteiger partial charge in [0.05, 0.1) is 0 Å². The topological polar surface area (TPSA) is 89.9 Å². The number of nitrogen functional groups attached to an aromatic ring is 1. The van der Waals surface area contributed by atoms with Gasteiger partial charge in [-0.05, 0) is 74.1 Å². The van der Waals surface area contributed by atoms with Crippen molar-refractivity contribution in [2.45, 2.75) is 68.5 Å².